The molecule has 3 aromatic rings. The van der Waals surface area contributed by atoms with Crippen molar-refractivity contribution in [3.63, 3.8) is 0 Å². The van der Waals surface area contributed by atoms with Crippen molar-refractivity contribution in [3.05, 3.63) is 56.7 Å². The lowest BCUT2D eigenvalue weighted by Crippen LogP contribution is -2.17. The molecule has 1 aromatic carbocycles. The fourth-order valence-electron chi connectivity index (χ4n) is 2.26. The summed E-state index contributed by atoms with van der Waals surface area (Å²) in [5, 5.41) is 12.3. The second-order valence-electron chi connectivity index (χ2n) is 6.46. The zero-order chi connectivity index (χ0) is 18.2. The second-order valence-corrected chi connectivity index (χ2v) is 7.63. The van der Waals surface area contributed by atoms with Crippen molar-refractivity contribution >= 4 is 41.6 Å². The molecule has 0 unspecified atom stereocenters. The second kappa shape index (κ2) is 6.78. The van der Waals surface area contributed by atoms with E-state index in [1.807, 2.05) is 39.0 Å². The molecule has 0 spiro atoms. The molecular formula is C17H16Cl2N4OS. The van der Waals surface area contributed by atoms with Crippen LogP contribution in [0.1, 0.15) is 32.4 Å². The number of rotatable bonds is 3. The van der Waals surface area contributed by atoms with Crippen LogP contribution in [-0.2, 0) is 5.41 Å². The molecule has 2 heterocycles. The van der Waals surface area contributed by atoms with Crippen molar-refractivity contribution in [2.45, 2.75) is 26.2 Å². The predicted molar refractivity (Wildman–Crippen MR) is 103 cm³/mol. The van der Waals surface area contributed by atoms with Gasteiger partial charge in [-0.2, -0.15) is 14.9 Å². The molecular weight excluding hydrogens is 379 g/mol. The van der Waals surface area contributed by atoms with Gasteiger partial charge in [-0.25, -0.2) is 0 Å². The zero-order valence-corrected chi connectivity index (χ0v) is 16.2. The molecule has 130 valence electrons. The summed E-state index contributed by atoms with van der Waals surface area (Å²) in [5.74, 6) is 1.91. The highest BCUT2D eigenvalue weighted by Gasteiger charge is 2.21. The van der Waals surface area contributed by atoms with E-state index in [-0.39, 0.29) is 5.41 Å². The van der Waals surface area contributed by atoms with Gasteiger partial charge in [0, 0.05) is 11.0 Å². The van der Waals surface area contributed by atoms with Crippen molar-refractivity contribution in [1.82, 2.24) is 14.9 Å². The van der Waals surface area contributed by atoms with Crippen LogP contribution in [0.3, 0.4) is 0 Å². The van der Waals surface area contributed by atoms with Gasteiger partial charge in [0.25, 0.3) is 0 Å². The third-order valence-corrected chi connectivity index (χ3v) is 4.55. The van der Waals surface area contributed by atoms with Crippen LogP contribution < -0.4 is 0 Å². The highest BCUT2D eigenvalue weighted by atomic mass is 35.5. The average Bonchev–Trinajstić information content (AvgIpc) is 3.14. The summed E-state index contributed by atoms with van der Waals surface area (Å²) in [6, 6.07) is 9.01. The largest absolute Gasteiger partial charge is 0.455 e. The molecule has 0 saturated heterocycles. The molecule has 3 rings (SSSR count). The molecule has 25 heavy (non-hydrogen) atoms. The number of nitrogens with one attached hydrogen (secondary N) is 1. The molecule has 2 aromatic heterocycles. The van der Waals surface area contributed by atoms with E-state index in [2.05, 4.69) is 15.3 Å². The number of aromatic amines is 1. The van der Waals surface area contributed by atoms with Crippen LogP contribution in [0, 0.1) is 4.77 Å². The number of aromatic nitrogens is 3. The lowest BCUT2D eigenvalue weighted by Gasteiger charge is -2.15. The summed E-state index contributed by atoms with van der Waals surface area (Å²) in [5.41, 5.74) is 0.525. The first-order valence-corrected chi connectivity index (χ1v) is 8.70. The first-order valence-electron chi connectivity index (χ1n) is 7.54. The summed E-state index contributed by atoms with van der Waals surface area (Å²) in [6.07, 6.45) is 1.59. The van der Waals surface area contributed by atoms with E-state index in [1.165, 1.54) is 0 Å². The highest BCUT2D eigenvalue weighted by Crippen LogP contribution is 2.34. The van der Waals surface area contributed by atoms with Gasteiger partial charge in [-0.15, -0.1) is 0 Å². The Bertz CT molecular complexity index is 995. The third-order valence-electron chi connectivity index (χ3n) is 3.47. The zero-order valence-electron chi connectivity index (χ0n) is 13.9. The first-order chi connectivity index (χ1) is 11.8. The minimum absolute atomic E-state index is 0.201. The quantitative estimate of drug-likeness (QED) is 0.458. The summed E-state index contributed by atoms with van der Waals surface area (Å²) in [6.45, 7) is 6.11. The normalized spacial score (nSPS) is 12.2. The molecule has 0 fully saturated rings. The van der Waals surface area contributed by atoms with E-state index in [0.29, 0.717) is 26.3 Å². The Hall–Kier alpha value is -1.89. The van der Waals surface area contributed by atoms with E-state index >= 15 is 0 Å². The smallest absolute Gasteiger partial charge is 0.216 e. The van der Waals surface area contributed by atoms with E-state index < -0.39 is 0 Å². The van der Waals surface area contributed by atoms with Crippen molar-refractivity contribution in [3.8, 4) is 11.3 Å². The van der Waals surface area contributed by atoms with Gasteiger partial charge < -0.3 is 4.42 Å². The van der Waals surface area contributed by atoms with Crippen LogP contribution in [0.25, 0.3) is 11.3 Å². The molecule has 0 aliphatic heterocycles. The fraction of sp³-hybridized carbons (Fsp3) is 0.235. The molecule has 0 aliphatic carbocycles. The van der Waals surface area contributed by atoms with Gasteiger partial charge in [0.2, 0.25) is 4.77 Å². The van der Waals surface area contributed by atoms with Crippen molar-refractivity contribution in [2.75, 3.05) is 0 Å². The van der Waals surface area contributed by atoms with Crippen LogP contribution in [0.2, 0.25) is 10.0 Å². The van der Waals surface area contributed by atoms with Gasteiger partial charge in [0.1, 0.15) is 11.5 Å². The van der Waals surface area contributed by atoms with Crippen molar-refractivity contribution < 1.29 is 4.42 Å². The van der Waals surface area contributed by atoms with Gasteiger partial charge in [0.05, 0.1) is 16.3 Å². The Balaban J connectivity index is 1.93. The Kier molecular flexibility index (Phi) is 4.86. The Morgan fingerprint density at radius 1 is 1.24 bits per heavy atom. The molecule has 0 atom stereocenters. The lowest BCUT2D eigenvalue weighted by atomic mass is 9.96. The molecule has 8 heteroatoms. The van der Waals surface area contributed by atoms with Crippen molar-refractivity contribution in [2.24, 2.45) is 5.10 Å². The predicted octanol–water partition coefficient (Wildman–Crippen LogP) is 5.69. The van der Waals surface area contributed by atoms with Gasteiger partial charge in [-0.1, -0.05) is 50.0 Å². The monoisotopic (exact) mass is 394 g/mol. The minimum Gasteiger partial charge on any atom is -0.455 e. The van der Waals surface area contributed by atoms with Crippen molar-refractivity contribution in [1.29, 1.82) is 0 Å². The summed E-state index contributed by atoms with van der Waals surface area (Å²) in [4.78, 5) is 0. The molecule has 0 bridgehead atoms. The summed E-state index contributed by atoms with van der Waals surface area (Å²) < 4.78 is 7.81. The number of H-pyrrole nitrogens is 1. The molecule has 0 radical (unpaired) electrons. The fourth-order valence-corrected chi connectivity index (χ4v) is 2.83. The minimum atomic E-state index is -0.201. The molecule has 5 nitrogen and oxygen atoms in total. The van der Waals surface area contributed by atoms with Crippen LogP contribution in [0.15, 0.2) is 39.9 Å². The van der Waals surface area contributed by atoms with E-state index in [0.717, 1.165) is 11.4 Å². The first kappa shape index (κ1) is 17.9. The van der Waals surface area contributed by atoms with Crippen LogP contribution >= 0.6 is 35.4 Å². The summed E-state index contributed by atoms with van der Waals surface area (Å²) >= 11 is 17.5. The Morgan fingerprint density at radius 3 is 2.72 bits per heavy atom. The number of furan rings is 1. The number of halogens is 2. The lowest BCUT2D eigenvalue weighted by molar-refractivity contribution is 0.515. The molecule has 1 N–H and O–H groups in total. The van der Waals surface area contributed by atoms with Gasteiger partial charge in [-0.05, 0) is 36.5 Å². The molecule has 0 amide bonds. The van der Waals surface area contributed by atoms with Gasteiger partial charge in [0.15, 0.2) is 5.82 Å². The highest BCUT2D eigenvalue weighted by molar-refractivity contribution is 7.71. The Labute approximate surface area is 160 Å². The Morgan fingerprint density at radius 2 is 2.00 bits per heavy atom. The number of hydrogen-bond donors (Lipinski definition) is 1. The van der Waals surface area contributed by atoms with Gasteiger partial charge >= 0.3 is 0 Å². The molecule has 0 aliphatic rings. The standard InChI is InChI=1S/C17H16Cl2N4OS/c1-17(2,3)15-21-22-16(25)23(15)20-9-10-7-8-13(24-10)11-5-4-6-12(18)14(11)19/h4-9H,1-3H3,(H,22,25)/b20-9-. The summed E-state index contributed by atoms with van der Waals surface area (Å²) in [7, 11) is 0. The van der Waals surface area contributed by atoms with Crippen LogP contribution in [0.4, 0.5) is 0 Å². The molecule has 0 saturated carbocycles. The average molecular weight is 395 g/mol. The number of nitrogens with zero attached hydrogens (tertiary/aromatic N) is 3. The van der Waals surface area contributed by atoms with E-state index in [4.69, 9.17) is 39.8 Å². The van der Waals surface area contributed by atoms with Crippen LogP contribution in [0.5, 0.6) is 0 Å². The maximum Gasteiger partial charge on any atom is 0.216 e. The maximum atomic E-state index is 6.23. The SMILES string of the molecule is CC(C)(C)c1n[nH]c(=S)n1/N=C\c1ccc(-c2cccc(Cl)c2Cl)o1. The third kappa shape index (κ3) is 3.71. The maximum absolute atomic E-state index is 6.23. The topological polar surface area (TPSA) is 59.1 Å². The number of benzene rings is 1. The number of hydrogen-bond acceptors (Lipinski definition) is 4. The van der Waals surface area contributed by atoms with E-state index in [1.54, 1.807) is 23.0 Å². The van der Waals surface area contributed by atoms with Crippen LogP contribution in [-0.4, -0.2) is 21.1 Å². The van der Waals surface area contributed by atoms with E-state index in [9.17, 15) is 0 Å². The van der Waals surface area contributed by atoms with Gasteiger partial charge in [-0.3, -0.25) is 5.10 Å².